The maximum atomic E-state index is 13.1. The van der Waals surface area contributed by atoms with Crippen LogP contribution in [0.3, 0.4) is 0 Å². The first kappa shape index (κ1) is 27.3. The third kappa shape index (κ3) is 4.33. The van der Waals surface area contributed by atoms with Crippen molar-refractivity contribution in [2.24, 2.45) is 35.7 Å². The Kier molecular flexibility index (Phi) is 6.75. The van der Waals surface area contributed by atoms with Crippen molar-refractivity contribution < 1.29 is 27.8 Å². The number of alkyl halides is 3. The van der Waals surface area contributed by atoms with Gasteiger partial charge in [0.15, 0.2) is 0 Å². The molecule has 212 valence electrons. The van der Waals surface area contributed by atoms with Gasteiger partial charge in [-0.3, -0.25) is 0 Å². The number of hydrogen-bond acceptors (Lipinski definition) is 5. The second-order valence-electron chi connectivity index (χ2n) is 11.0. The highest BCUT2D eigenvalue weighted by molar-refractivity contribution is 6.32. The summed E-state index contributed by atoms with van der Waals surface area (Å²) in [6.45, 7) is 3.07. The molecule has 0 spiro atoms. The first-order valence-electron chi connectivity index (χ1n) is 13.4. The topological polar surface area (TPSA) is 68.9 Å². The van der Waals surface area contributed by atoms with E-state index < -0.39 is 17.3 Å². The van der Waals surface area contributed by atoms with Crippen molar-refractivity contribution in [2.75, 3.05) is 20.3 Å². The molecule has 2 aliphatic heterocycles. The maximum Gasteiger partial charge on any atom is 0.416 e. The summed E-state index contributed by atoms with van der Waals surface area (Å²) in [4.78, 5) is 9.31. The Morgan fingerprint density at radius 3 is 2.40 bits per heavy atom. The number of methoxy groups -OCH3 is 1. The predicted molar refractivity (Wildman–Crippen MR) is 144 cm³/mol. The summed E-state index contributed by atoms with van der Waals surface area (Å²) in [5.41, 5.74) is 1.81. The highest BCUT2D eigenvalue weighted by atomic mass is 35.5. The van der Waals surface area contributed by atoms with Crippen LogP contribution in [-0.4, -0.2) is 40.9 Å². The number of nitrogens with zero attached hydrogens (tertiary/aromatic N) is 3. The van der Waals surface area contributed by atoms with Gasteiger partial charge in [0.25, 0.3) is 0 Å². The Morgan fingerprint density at radius 1 is 1.10 bits per heavy atom. The average molecular weight is 574 g/mol. The van der Waals surface area contributed by atoms with Gasteiger partial charge in [0.05, 0.1) is 24.6 Å². The Morgan fingerprint density at radius 2 is 1.80 bits per heavy atom. The zero-order valence-corrected chi connectivity index (χ0v) is 23.3. The summed E-state index contributed by atoms with van der Waals surface area (Å²) >= 11 is 7.12. The summed E-state index contributed by atoms with van der Waals surface area (Å²) in [6, 6.07) is 5.07. The fourth-order valence-electron chi connectivity index (χ4n) is 6.67. The highest BCUT2D eigenvalue weighted by Gasteiger charge is 2.63. The van der Waals surface area contributed by atoms with E-state index in [0.29, 0.717) is 48.1 Å². The van der Waals surface area contributed by atoms with Crippen molar-refractivity contribution >= 4 is 17.5 Å². The first-order chi connectivity index (χ1) is 19.1. The molecule has 3 heterocycles. The molecule has 2 aromatic rings. The van der Waals surface area contributed by atoms with Crippen molar-refractivity contribution in [3.05, 3.63) is 87.1 Å². The van der Waals surface area contributed by atoms with Crippen LogP contribution in [0.15, 0.2) is 69.5 Å². The second-order valence-corrected chi connectivity index (χ2v) is 11.4. The van der Waals surface area contributed by atoms with Gasteiger partial charge in [-0.1, -0.05) is 29.8 Å². The molecule has 0 radical (unpaired) electrons. The molecule has 1 aromatic carbocycles. The molecular weight excluding hydrogens is 543 g/mol. The van der Waals surface area contributed by atoms with Gasteiger partial charge in [0.1, 0.15) is 11.4 Å². The summed E-state index contributed by atoms with van der Waals surface area (Å²) in [5.74, 6) is 0.895. The van der Waals surface area contributed by atoms with Crippen LogP contribution in [0.2, 0.25) is 0 Å². The summed E-state index contributed by atoms with van der Waals surface area (Å²) in [6.07, 6.45) is 2.98. The fourth-order valence-corrected chi connectivity index (χ4v) is 7.09. The van der Waals surface area contributed by atoms with Crippen LogP contribution >= 0.6 is 11.6 Å². The number of fused-ring (bicyclic) bond motifs is 1. The summed E-state index contributed by atoms with van der Waals surface area (Å²) in [7, 11) is 3.44. The molecular formula is C30H31ClF3N3O3. The van der Waals surface area contributed by atoms with Crippen LogP contribution in [0.4, 0.5) is 13.2 Å². The molecule has 6 rings (SSSR count). The number of aryl methyl sites for hydroxylation is 1. The van der Waals surface area contributed by atoms with Crippen molar-refractivity contribution in [1.82, 2.24) is 9.55 Å². The molecule has 1 saturated heterocycles. The maximum absolute atomic E-state index is 13.1. The lowest BCUT2D eigenvalue weighted by atomic mass is 9.71. The molecule has 1 N–H and O–H groups in total. The standard InChI is InChI=1S/C30H31ClF3N3O3/c1-16-35-15-23(37(16)2)29(38,18-10-12-40-13-11-18)21-8-9-22-25-24(21)26(25)27(31)20(28(36-22)39-3)14-17-4-6-19(7-5-17)30(32,33)34/h4-9,15,18,24-26,38H,10-14H2,1-3H3. The van der Waals surface area contributed by atoms with Crippen LogP contribution in [0.5, 0.6) is 0 Å². The van der Waals surface area contributed by atoms with E-state index >= 15 is 0 Å². The van der Waals surface area contributed by atoms with Crippen molar-refractivity contribution in [2.45, 2.75) is 38.0 Å². The van der Waals surface area contributed by atoms with E-state index in [0.717, 1.165) is 34.9 Å². The van der Waals surface area contributed by atoms with E-state index in [9.17, 15) is 18.3 Å². The lowest BCUT2D eigenvalue weighted by Crippen LogP contribution is -2.43. The van der Waals surface area contributed by atoms with Crippen LogP contribution in [0.1, 0.15) is 35.5 Å². The first-order valence-corrected chi connectivity index (χ1v) is 13.8. The van der Waals surface area contributed by atoms with Gasteiger partial charge < -0.3 is 19.1 Å². The molecule has 4 aliphatic rings. The number of aliphatic imine (C=N–C) groups is 1. The van der Waals surface area contributed by atoms with Crippen LogP contribution in [0.25, 0.3) is 0 Å². The minimum absolute atomic E-state index is 0.0246. The van der Waals surface area contributed by atoms with Gasteiger partial charge >= 0.3 is 6.18 Å². The molecule has 6 nitrogen and oxygen atoms in total. The van der Waals surface area contributed by atoms with E-state index in [4.69, 9.17) is 26.1 Å². The second kappa shape index (κ2) is 9.89. The molecule has 0 bridgehead atoms. The minimum Gasteiger partial charge on any atom is -0.481 e. The Hall–Kier alpha value is -2.88. The predicted octanol–water partition coefficient (Wildman–Crippen LogP) is 5.84. The van der Waals surface area contributed by atoms with E-state index in [2.05, 4.69) is 4.98 Å². The average Bonchev–Trinajstić information content (AvgIpc) is 3.63. The molecule has 10 heteroatoms. The Balaban J connectivity index is 1.40. The number of ether oxygens (including phenoxy) is 2. The van der Waals surface area contributed by atoms with E-state index in [1.54, 1.807) is 6.20 Å². The molecule has 1 saturated carbocycles. The summed E-state index contributed by atoms with van der Waals surface area (Å²) in [5, 5.41) is 13.2. The zero-order chi connectivity index (χ0) is 28.4. The van der Waals surface area contributed by atoms with Crippen LogP contribution in [0, 0.1) is 30.6 Å². The summed E-state index contributed by atoms with van der Waals surface area (Å²) < 4.78 is 52.5. The lowest BCUT2D eigenvalue weighted by molar-refractivity contribution is -0.137. The minimum atomic E-state index is -4.40. The number of imidazole rings is 1. The Bertz CT molecular complexity index is 1450. The van der Waals surface area contributed by atoms with Crippen LogP contribution < -0.4 is 0 Å². The molecule has 2 fully saturated rings. The third-order valence-electron chi connectivity index (χ3n) is 8.94. The monoisotopic (exact) mass is 573 g/mol. The molecule has 0 amide bonds. The van der Waals surface area contributed by atoms with Gasteiger partial charge in [-0.25, -0.2) is 9.98 Å². The SMILES string of the molecule is COC1=NC2=CC=C(C(O)(c3cnc(C)n3C)C3CCOCC3)C3C2C3C(Cl)=C1Cc1ccc(C(F)(F)F)cc1. The van der Waals surface area contributed by atoms with Gasteiger partial charge in [0.2, 0.25) is 5.90 Å². The van der Waals surface area contributed by atoms with E-state index in [1.807, 2.05) is 30.7 Å². The third-order valence-corrected chi connectivity index (χ3v) is 9.42. The number of aliphatic hydroxyl groups is 1. The number of aromatic nitrogens is 2. The van der Waals surface area contributed by atoms with E-state index in [-0.39, 0.29) is 30.1 Å². The number of benzene rings is 1. The number of allylic oxidation sites excluding steroid dienone is 4. The molecule has 2 aliphatic carbocycles. The van der Waals surface area contributed by atoms with Crippen molar-refractivity contribution in [3.63, 3.8) is 0 Å². The van der Waals surface area contributed by atoms with Crippen LogP contribution in [-0.2, 0) is 34.7 Å². The highest BCUT2D eigenvalue weighted by Crippen LogP contribution is 2.66. The lowest BCUT2D eigenvalue weighted by Gasteiger charge is -2.41. The number of rotatable bonds is 5. The largest absolute Gasteiger partial charge is 0.481 e. The van der Waals surface area contributed by atoms with Crippen molar-refractivity contribution in [1.29, 1.82) is 0 Å². The number of hydrogen-bond donors (Lipinski definition) is 1. The quantitative estimate of drug-likeness (QED) is 0.488. The molecule has 40 heavy (non-hydrogen) atoms. The number of halogens is 4. The zero-order valence-electron chi connectivity index (χ0n) is 22.5. The normalized spacial score (nSPS) is 26.3. The van der Waals surface area contributed by atoms with Gasteiger partial charge in [-0.2, -0.15) is 13.2 Å². The molecule has 4 atom stereocenters. The Labute approximate surface area is 235 Å². The van der Waals surface area contributed by atoms with Crippen molar-refractivity contribution in [3.8, 4) is 0 Å². The smallest absolute Gasteiger partial charge is 0.416 e. The van der Waals surface area contributed by atoms with Gasteiger partial charge in [-0.15, -0.1) is 0 Å². The molecule has 1 aromatic heterocycles. The molecule has 4 unspecified atom stereocenters. The van der Waals surface area contributed by atoms with Gasteiger partial charge in [-0.05, 0) is 49.1 Å². The van der Waals surface area contributed by atoms with E-state index in [1.165, 1.54) is 19.2 Å². The van der Waals surface area contributed by atoms with Gasteiger partial charge in [0, 0.05) is 66.7 Å². The fraction of sp³-hybridized carbons (Fsp3) is 0.467.